The summed E-state index contributed by atoms with van der Waals surface area (Å²) in [6, 6.07) is 1.97. The van der Waals surface area contributed by atoms with Crippen LogP contribution in [0.15, 0.2) is 30.5 Å². The van der Waals surface area contributed by atoms with Crippen LogP contribution < -0.4 is 24.8 Å². The average Bonchev–Trinajstić information content (AvgIpc) is 2.57. The van der Waals surface area contributed by atoms with Crippen molar-refractivity contribution < 1.29 is 46.5 Å². The summed E-state index contributed by atoms with van der Waals surface area (Å²) < 4.78 is 0. The molecule has 0 saturated heterocycles. The number of aryl methyl sites for hydroxylation is 1. The summed E-state index contributed by atoms with van der Waals surface area (Å²) in [4.78, 5) is 2.80. The Hall–Kier alpha value is 0.0543. The molecule has 0 bridgehead atoms. The molecule has 0 aromatic carbocycles. The molecular weight excluding hydrogens is 253 g/mol. The molecule has 1 aliphatic carbocycles. The van der Waals surface area contributed by atoms with E-state index in [0.717, 1.165) is 12.0 Å². The molecule has 0 amide bonds. The zero-order chi connectivity index (χ0) is 7.94. The fourth-order valence-electron chi connectivity index (χ4n) is 0.704. The first-order valence-corrected chi connectivity index (χ1v) is 3.63. The zero-order valence-electron chi connectivity index (χ0n) is 7.85. The molecule has 74 valence electrons. The second-order valence-electron chi connectivity index (χ2n) is 2.29. The van der Waals surface area contributed by atoms with Gasteiger partial charge in [-0.15, -0.1) is 12.6 Å². The van der Waals surface area contributed by atoms with E-state index in [1.807, 2.05) is 31.3 Å². The van der Waals surface area contributed by atoms with Gasteiger partial charge in [-0.3, -0.25) is 6.08 Å². The summed E-state index contributed by atoms with van der Waals surface area (Å²) in [5.41, 5.74) is 1.16. The van der Waals surface area contributed by atoms with Crippen molar-refractivity contribution in [3.63, 3.8) is 0 Å². The van der Waals surface area contributed by atoms with Crippen molar-refractivity contribution in [2.24, 2.45) is 0 Å². The third kappa shape index (κ3) is 10.1. The summed E-state index contributed by atoms with van der Waals surface area (Å²) in [5.74, 6) is 0. The Bertz CT molecular complexity index is 233. The van der Waals surface area contributed by atoms with Gasteiger partial charge in [-0.25, -0.2) is 12.2 Å². The number of H-pyrrole nitrogens is 1. The molecule has 0 fully saturated rings. The second-order valence-corrected chi connectivity index (χ2v) is 2.29. The number of nitrogens with one attached hydrogen (secondary N) is 1. The van der Waals surface area contributed by atoms with Gasteiger partial charge < -0.3 is 29.8 Å². The number of hydrogen-bond donors (Lipinski definition) is 1. The van der Waals surface area contributed by atoms with E-state index in [-0.39, 0.29) is 46.5 Å². The molecule has 0 aliphatic heterocycles. The van der Waals surface area contributed by atoms with E-state index in [2.05, 4.69) is 23.3 Å². The van der Waals surface area contributed by atoms with E-state index in [1.54, 1.807) is 0 Å². The first-order valence-electron chi connectivity index (χ1n) is 3.63. The molecular formula is C10H11Cl2NTi. The van der Waals surface area contributed by atoms with E-state index in [1.165, 1.54) is 0 Å². The van der Waals surface area contributed by atoms with Crippen molar-refractivity contribution in [3.05, 3.63) is 48.3 Å². The predicted octanol–water partition coefficient (Wildman–Crippen LogP) is -3.57. The summed E-state index contributed by atoms with van der Waals surface area (Å²) in [6.07, 6.45) is 14.7. The van der Waals surface area contributed by atoms with Gasteiger partial charge in [0.2, 0.25) is 0 Å². The molecule has 4 heteroatoms. The molecule has 1 aromatic heterocycles. The van der Waals surface area contributed by atoms with Gasteiger partial charge in [-0.05, 0) is 0 Å². The van der Waals surface area contributed by atoms with Gasteiger partial charge in [0.25, 0.3) is 0 Å². The first-order chi connectivity index (χ1) is 5.39. The van der Waals surface area contributed by atoms with Gasteiger partial charge in [-0.2, -0.15) is 23.9 Å². The van der Waals surface area contributed by atoms with Crippen molar-refractivity contribution in [2.75, 3.05) is 0 Å². The van der Waals surface area contributed by atoms with Crippen molar-refractivity contribution in [1.82, 2.24) is 4.98 Å². The maximum absolute atomic E-state index is 2.99. The van der Waals surface area contributed by atoms with Gasteiger partial charge in [0, 0.05) is 0 Å². The third-order valence-electron chi connectivity index (χ3n) is 1.27. The van der Waals surface area contributed by atoms with Crippen LogP contribution in [-0.2, 0) is 21.7 Å². The number of rotatable bonds is 0. The van der Waals surface area contributed by atoms with Crippen LogP contribution in [0.25, 0.3) is 0 Å². The normalized spacial score (nSPS) is 10.1. The Morgan fingerprint density at radius 3 is 2.21 bits per heavy atom. The van der Waals surface area contributed by atoms with Crippen LogP contribution in [-0.4, -0.2) is 4.98 Å². The number of halogens is 2. The van der Waals surface area contributed by atoms with E-state index in [4.69, 9.17) is 0 Å². The van der Waals surface area contributed by atoms with Crippen LogP contribution in [0.5, 0.6) is 0 Å². The van der Waals surface area contributed by atoms with Crippen LogP contribution in [0, 0.1) is 19.2 Å². The van der Waals surface area contributed by atoms with Crippen molar-refractivity contribution in [2.45, 2.75) is 13.3 Å². The van der Waals surface area contributed by atoms with E-state index in [0.29, 0.717) is 0 Å². The minimum atomic E-state index is 0. The molecule has 1 nitrogen and oxygen atoms in total. The summed E-state index contributed by atoms with van der Waals surface area (Å²) >= 11 is 0. The largest absolute Gasteiger partial charge is 4.00 e. The minimum absolute atomic E-state index is 0. The molecule has 1 aromatic rings. The second kappa shape index (κ2) is 13.1. The quantitative estimate of drug-likeness (QED) is 0.369. The topological polar surface area (TPSA) is 15.8 Å². The van der Waals surface area contributed by atoms with E-state index >= 15 is 0 Å². The predicted molar refractivity (Wildman–Crippen MR) is 45.9 cm³/mol. The molecule has 0 unspecified atom stereocenters. The average molecular weight is 264 g/mol. The summed E-state index contributed by atoms with van der Waals surface area (Å²) in [5, 5.41) is 0. The van der Waals surface area contributed by atoms with Gasteiger partial charge >= 0.3 is 21.7 Å². The van der Waals surface area contributed by atoms with Gasteiger partial charge in [0.15, 0.2) is 0 Å². The van der Waals surface area contributed by atoms with E-state index < -0.39 is 0 Å². The Morgan fingerprint density at radius 1 is 1.36 bits per heavy atom. The molecule has 0 atom stereocenters. The smallest absolute Gasteiger partial charge is 1.00 e. The number of allylic oxidation sites excluding steroid dienone is 4. The first kappa shape index (κ1) is 19.6. The maximum atomic E-state index is 2.99. The molecule has 0 saturated carbocycles. The molecule has 1 heterocycles. The number of aromatic nitrogens is 1. The Kier molecular flexibility index (Phi) is 18.3. The molecule has 0 spiro atoms. The fourth-order valence-corrected chi connectivity index (χ4v) is 0.704. The van der Waals surface area contributed by atoms with Crippen LogP contribution in [0.1, 0.15) is 12.0 Å². The summed E-state index contributed by atoms with van der Waals surface area (Å²) in [6.45, 7) is 2.00. The minimum Gasteiger partial charge on any atom is -1.00 e. The molecule has 14 heavy (non-hydrogen) atoms. The zero-order valence-corrected chi connectivity index (χ0v) is 10.9. The molecule has 0 radical (unpaired) electrons. The van der Waals surface area contributed by atoms with Crippen molar-refractivity contribution in [1.29, 1.82) is 0 Å². The van der Waals surface area contributed by atoms with Gasteiger partial charge in [0.1, 0.15) is 0 Å². The van der Waals surface area contributed by atoms with Gasteiger partial charge in [-0.1, -0.05) is 6.92 Å². The fraction of sp³-hybridized carbons (Fsp3) is 0.200. The molecule has 1 aliphatic rings. The standard InChI is InChI=1S/C5H6N.C5H5.2ClH.Ti/c1-5-2-3-6-4-5;1-2-4-5-3-1;;;/h2-3,6H,1H3;1-3H,4H2;2*1H;/q2*-1;;;+4/p-2. The third-order valence-corrected chi connectivity index (χ3v) is 1.27. The van der Waals surface area contributed by atoms with E-state index in [9.17, 15) is 0 Å². The van der Waals surface area contributed by atoms with Crippen molar-refractivity contribution in [3.8, 4) is 0 Å². The Morgan fingerprint density at radius 2 is 2.07 bits per heavy atom. The Labute approximate surface area is 113 Å². The number of hydrogen-bond acceptors (Lipinski definition) is 0. The van der Waals surface area contributed by atoms with Gasteiger partial charge in [0.05, 0.1) is 0 Å². The van der Waals surface area contributed by atoms with Crippen molar-refractivity contribution >= 4 is 0 Å². The molecule has 1 N–H and O–H groups in total. The van der Waals surface area contributed by atoms with Crippen LogP contribution in [0.3, 0.4) is 0 Å². The SMILES string of the molecule is Cc1[c-][nH]cc1.[C-]1=CC=CC1.[Cl-].[Cl-].[Ti+4]. The monoisotopic (exact) mass is 263 g/mol. The molecule has 2 rings (SSSR count). The number of aromatic amines is 1. The van der Waals surface area contributed by atoms with Crippen LogP contribution in [0.2, 0.25) is 0 Å². The maximum Gasteiger partial charge on any atom is 4.00 e. The van der Waals surface area contributed by atoms with Crippen LogP contribution in [0.4, 0.5) is 0 Å². The Balaban J connectivity index is -0.000000144. The van der Waals surface area contributed by atoms with Crippen LogP contribution >= 0.6 is 0 Å². The summed E-state index contributed by atoms with van der Waals surface area (Å²) in [7, 11) is 0.